The van der Waals surface area contributed by atoms with Crippen LogP contribution in [-0.4, -0.2) is 70.7 Å². The van der Waals surface area contributed by atoms with Crippen molar-refractivity contribution in [2.24, 2.45) is 0 Å². The lowest BCUT2D eigenvalue weighted by Crippen LogP contribution is -2.37. The number of nitrogens with zero attached hydrogens (tertiary/aromatic N) is 1. The molecule has 0 spiro atoms. The van der Waals surface area contributed by atoms with Gasteiger partial charge in [0, 0.05) is 13.0 Å². The molecule has 0 saturated carbocycles. The first-order valence-corrected chi connectivity index (χ1v) is 22.7. The van der Waals surface area contributed by atoms with Crippen LogP contribution in [0.3, 0.4) is 0 Å². The van der Waals surface area contributed by atoms with Gasteiger partial charge in [0.05, 0.1) is 34.4 Å². The van der Waals surface area contributed by atoms with Gasteiger partial charge < -0.3 is 27.9 Å². The predicted octanol–water partition coefficient (Wildman–Crippen LogP) is 11.6. The third kappa shape index (κ3) is 39.9. The average molecular weight is 756 g/mol. The van der Waals surface area contributed by atoms with Crippen molar-refractivity contribution in [1.82, 2.24) is 0 Å². The van der Waals surface area contributed by atoms with Gasteiger partial charge in [0.15, 0.2) is 0 Å². The number of allylic oxidation sites excluding steroid dienone is 6. The molecule has 306 valence electrons. The summed E-state index contributed by atoms with van der Waals surface area (Å²) in [6.45, 7) is 5.30. The molecule has 8 nitrogen and oxygen atoms in total. The Balaban J connectivity index is 4.27. The highest BCUT2D eigenvalue weighted by atomic mass is 31.2. The molecule has 0 aliphatic rings. The normalized spacial score (nSPS) is 14.2. The van der Waals surface area contributed by atoms with Gasteiger partial charge in [0.1, 0.15) is 19.3 Å². The molecule has 0 aliphatic carbocycles. The Hall–Kier alpha value is -1.28. The SMILES string of the molecule is CC/C=C/C/C=C/C/C=C/CCCCCCCCC(=O)O[C@@H](COCCCCCCCCCCCCCCCC)COP(=O)([O-])OCC[N+](C)(C)C. The zero-order chi connectivity index (χ0) is 38.4. The Labute approximate surface area is 321 Å². The fourth-order valence-corrected chi connectivity index (χ4v) is 6.41. The first-order chi connectivity index (χ1) is 25.1. The lowest BCUT2D eigenvalue weighted by atomic mass is 10.0. The van der Waals surface area contributed by atoms with E-state index in [9.17, 15) is 14.3 Å². The number of quaternary nitrogens is 1. The van der Waals surface area contributed by atoms with Crippen molar-refractivity contribution < 1.29 is 37.3 Å². The van der Waals surface area contributed by atoms with Gasteiger partial charge in [-0.05, 0) is 44.9 Å². The number of ether oxygens (including phenoxy) is 2. The fourth-order valence-electron chi connectivity index (χ4n) is 5.68. The Morgan fingerprint density at radius 1 is 0.615 bits per heavy atom. The van der Waals surface area contributed by atoms with E-state index >= 15 is 0 Å². The molecule has 52 heavy (non-hydrogen) atoms. The highest BCUT2D eigenvalue weighted by Crippen LogP contribution is 2.38. The maximum absolute atomic E-state index is 12.7. The number of esters is 1. The van der Waals surface area contributed by atoms with E-state index in [1.54, 1.807) is 0 Å². The smallest absolute Gasteiger partial charge is 0.306 e. The lowest BCUT2D eigenvalue weighted by Gasteiger charge is -2.28. The van der Waals surface area contributed by atoms with Gasteiger partial charge in [-0.15, -0.1) is 0 Å². The van der Waals surface area contributed by atoms with Gasteiger partial charge in [-0.2, -0.15) is 0 Å². The summed E-state index contributed by atoms with van der Waals surface area (Å²) in [6.07, 6.45) is 41.5. The second kappa shape index (κ2) is 36.7. The minimum atomic E-state index is -4.52. The molecule has 1 unspecified atom stereocenters. The van der Waals surface area contributed by atoms with Crippen molar-refractivity contribution in [3.63, 3.8) is 0 Å². The number of likely N-dealkylation sites (N-methyl/N-ethyl adjacent to an activating group) is 1. The lowest BCUT2D eigenvalue weighted by molar-refractivity contribution is -0.870. The first-order valence-electron chi connectivity index (χ1n) is 21.2. The van der Waals surface area contributed by atoms with Crippen LogP contribution in [0.5, 0.6) is 0 Å². The minimum absolute atomic E-state index is 0.0239. The summed E-state index contributed by atoms with van der Waals surface area (Å²) in [5.74, 6) is -0.346. The summed E-state index contributed by atoms with van der Waals surface area (Å²) in [5, 5.41) is 0. The van der Waals surface area contributed by atoms with E-state index in [4.69, 9.17) is 18.5 Å². The molecule has 9 heteroatoms. The van der Waals surface area contributed by atoms with Gasteiger partial charge in [0.2, 0.25) is 0 Å². The van der Waals surface area contributed by atoms with Gasteiger partial charge in [-0.1, -0.05) is 159 Å². The molecule has 0 fully saturated rings. The summed E-state index contributed by atoms with van der Waals surface area (Å²) in [5.41, 5.74) is 0. The van der Waals surface area contributed by atoms with E-state index in [0.29, 0.717) is 24.1 Å². The highest BCUT2D eigenvalue weighted by molar-refractivity contribution is 7.45. The van der Waals surface area contributed by atoms with E-state index in [2.05, 4.69) is 50.3 Å². The van der Waals surface area contributed by atoms with E-state index in [1.807, 2.05) is 21.1 Å². The van der Waals surface area contributed by atoms with Crippen LogP contribution in [0.1, 0.15) is 174 Å². The number of hydrogen-bond acceptors (Lipinski definition) is 7. The molecule has 0 aromatic rings. The number of phosphoric ester groups is 1. The third-order valence-corrected chi connectivity index (χ3v) is 9.92. The summed E-state index contributed by atoms with van der Waals surface area (Å²) in [7, 11) is 1.35. The number of carbonyl (C=O) groups is 1. The van der Waals surface area contributed by atoms with Crippen LogP contribution in [-0.2, 0) is 27.9 Å². The molecule has 0 aromatic carbocycles. The topological polar surface area (TPSA) is 94.1 Å². The maximum atomic E-state index is 12.7. The van der Waals surface area contributed by atoms with E-state index in [-0.39, 0.29) is 25.8 Å². The second-order valence-electron chi connectivity index (χ2n) is 15.3. The van der Waals surface area contributed by atoms with Gasteiger partial charge in [0.25, 0.3) is 7.82 Å². The van der Waals surface area contributed by atoms with E-state index < -0.39 is 13.9 Å². The van der Waals surface area contributed by atoms with Crippen molar-refractivity contribution in [2.45, 2.75) is 180 Å². The maximum Gasteiger partial charge on any atom is 0.306 e. The Kier molecular flexibility index (Phi) is 35.8. The summed E-state index contributed by atoms with van der Waals surface area (Å²) >= 11 is 0. The highest BCUT2D eigenvalue weighted by Gasteiger charge is 2.20. The molecule has 0 amide bonds. The van der Waals surface area contributed by atoms with Crippen molar-refractivity contribution in [2.75, 3.05) is 54.1 Å². The number of carbonyl (C=O) groups excluding carboxylic acids is 1. The summed E-state index contributed by atoms with van der Waals surface area (Å²) in [6, 6.07) is 0. The first kappa shape index (κ1) is 50.7. The van der Waals surface area contributed by atoms with Crippen LogP contribution in [0.25, 0.3) is 0 Å². The number of phosphoric acid groups is 1. The van der Waals surface area contributed by atoms with Crippen molar-refractivity contribution in [3.05, 3.63) is 36.5 Å². The van der Waals surface area contributed by atoms with Crippen LogP contribution in [0, 0.1) is 0 Å². The summed E-state index contributed by atoms with van der Waals surface area (Å²) < 4.78 is 34.5. The molecule has 0 saturated heterocycles. The Morgan fingerprint density at radius 2 is 1.12 bits per heavy atom. The summed E-state index contributed by atoms with van der Waals surface area (Å²) in [4.78, 5) is 25.0. The molecule has 0 bridgehead atoms. The van der Waals surface area contributed by atoms with Crippen LogP contribution in [0.15, 0.2) is 36.5 Å². The zero-order valence-electron chi connectivity index (χ0n) is 34.5. The molecule has 0 heterocycles. The minimum Gasteiger partial charge on any atom is -0.756 e. The van der Waals surface area contributed by atoms with Gasteiger partial charge in [-0.25, -0.2) is 0 Å². The quantitative estimate of drug-likeness (QED) is 0.0203. The monoisotopic (exact) mass is 756 g/mol. The Morgan fingerprint density at radius 3 is 1.67 bits per heavy atom. The van der Waals surface area contributed by atoms with E-state index in [1.165, 1.54) is 89.9 Å². The molecular weight excluding hydrogens is 673 g/mol. The fraction of sp³-hybridized carbons (Fsp3) is 0.837. The molecule has 0 rings (SSSR count). The standard InChI is InChI=1S/C43H82NO7P/c1-6-8-10-12-14-16-18-20-22-23-24-26-28-30-32-34-36-43(45)51-42(41-50-52(46,47)49-39-37-44(3,4)5)40-48-38-35-33-31-29-27-25-21-19-17-15-13-11-9-7-2/h8,10,14,16,20,22,42H,6-7,9,11-13,15,17-19,21,23-41H2,1-5H3/b10-8+,16-14+,22-20+/t42-/m0/s1. The zero-order valence-corrected chi connectivity index (χ0v) is 35.4. The molecule has 0 aliphatic heterocycles. The molecule has 0 aromatic heterocycles. The van der Waals surface area contributed by atoms with Crippen molar-refractivity contribution in [3.8, 4) is 0 Å². The van der Waals surface area contributed by atoms with Crippen LogP contribution in [0.2, 0.25) is 0 Å². The van der Waals surface area contributed by atoms with Crippen LogP contribution < -0.4 is 4.89 Å². The van der Waals surface area contributed by atoms with E-state index in [0.717, 1.165) is 64.2 Å². The van der Waals surface area contributed by atoms with Crippen molar-refractivity contribution >= 4 is 13.8 Å². The molecule has 0 radical (unpaired) electrons. The predicted molar refractivity (Wildman–Crippen MR) is 217 cm³/mol. The molecule has 2 atom stereocenters. The number of hydrogen-bond donors (Lipinski definition) is 0. The third-order valence-electron chi connectivity index (χ3n) is 8.96. The Bertz CT molecular complexity index is 931. The molecule has 0 N–H and O–H groups in total. The largest absolute Gasteiger partial charge is 0.756 e. The average Bonchev–Trinajstić information content (AvgIpc) is 3.09. The van der Waals surface area contributed by atoms with Gasteiger partial charge in [-0.3, -0.25) is 9.36 Å². The van der Waals surface area contributed by atoms with Crippen LogP contribution >= 0.6 is 7.82 Å². The van der Waals surface area contributed by atoms with Gasteiger partial charge >= 0.3 is 5.97 Å². The number of unbranched alkanes of at least 4 members (excludes halogenated alkanes) is 19. The van der Waals surface area contributed by atoms with Crippen molar-refractivity contribution in [1.29, 1.82) is 0 Å². The van der Waals surface area contributed by atoms with Crippen LogP contribution in [0.4, 0.5) is 0 Å². The number of rotatable bonds is 39. The second-order valence-corrected chi connectivity index (χ2v) is 16.7. The molecular formula is C43H82NO7P.